The Morgan fingerprint density at radius 1 is 1.09 bits per heavy atom. The smallest absolute Gasteiger partial charge is 0.230 e. The van der Waals surface area contributed by atoms with Crippen molar-refractivity contribution in [2.45, 2.75) is 44.8 Å². The molecule has 7 nitrogen and oxygen atoms in total. The third-order valence-electron chi connectivity index (χ3n) is 6.42. The minimum atomic E-state index is -0.119. The molecule has 8 heteroatoms. The van der Waals surface area contributed by atoms with E-state index in [2.05, 4.69) is 83.0 Å². The van der Waals surface area contributed by atoms with E-state index in [0.717, 1.165) is 48.5 Å². The zero-order valence-corrected chi connectivity index (χ0v) is 21.9. The summed E-state index contributed by atoms with van der Waals surface area (Å²) in [4.78, 5) is 15.1. The average Bonchev–Trinajstić information content (AvgIpc) is 3.24. The zero-order chi connectivity index (χ0) is 24.8. The van der Waals surface area contributed by atoms with Crippen molar-refractivity contribution in [3.05, 3.63) is 71.0 Å². The first kappa shape index (κ1) is 25.4. The number of nitrogens with zero attached hydrogens (tertiary/aromatic N) is 4. The Bertz CT molecular complexity index is 1140. The van der Waals surface area contributed by atoms with Crippen LogP contribution in [0.3, 0.4) is 0 Å². The fourth-order valence-corrected chi connectivity index (χ4v) is 5.16. The number of thioether (sulfide) groups is 1. The van der Waals surface area contributed by atoms with Crippen LogP contribution in [0.25, 0.3) is 5.69 Å². The molecule has 2 heterocycles. The third-order valence-corrected chi connectivity index (χ3v) is 7.35. The van der Waals surface area contributed by atoms with Crippen molar-refractivity contribution in [2.75, 3.05) is 38.6 Å². The van der Waals surface area contributed by atoms with Crippen LogP contribution in [-0.2, 0) is 16.0 Å². The van der Waals surface area contributed by atoms with Gasteiger partial charge in [-0.1, -0.05) is 59.8 Å². The molecule has 0 radical (unpaired) electrons. The minimum Gasteiger partial charge on any atom is -0.379 e. The van der Waals surface area contributed by atoms with Gasteiger partial charge in [-0.3, -0.25) is 14.3 Å². The van der Waals surface area contributed by atoms with Gasteiger partial charge in [-0.05, 0) is 44.9 Å². The molecule has 0 spiro atoms. The lowest BCUT2D eigenvalue weighted by Crippen LogP contribution is -2.55. The van der Waals surface area contributed by atoms with E-state index in [0.29, 0.717) is 13.0 Å². The quantitative estimate of drug-likeness (QED) is 0.457. The number of nitrogens with one attached hydrogen (secondary N) is 1. The average molecular weight is 494 g/mol. The molecule has 4 rings (SSSR count). The molecule has 35 heavy (non-hydrogen) atoms. The highest BCUT2D eigenvalue weighted by Gasteiger charge is 2.28. The Hall–Kier alpha value is -2.68. The second-order valence-electron chi connectivity index (χ2n) is 9.66. The van der Waals surface area contributed by atoms with Crippen LogP contribution in [0.1, 0.15) is 36.4 Å². The fourth-order valence-electron chi connectivity index (χ4n) is 4.36. The van der Waals surface area contributed by atoms with Crippen LogP contribution < -0.4 is 5.32 Å². The molecule has 1 aromatic heterocycles. The van der Waals surface area contributed by atoms with E-state index in [9.17, 15) is 4.79 Å². The minimum absolute atomic E-state index is 0.00359. The first-order chi connectivity index (χ1) is 16.8. The second-order valence-corrected chi connectivity index (χ2v) is 10.6. The molecule has 0 bridgehead atoms. The Labute approximate surface area is 212 Å². The predicted octanol–water partition coefficient (Wildman–Crippen LogP) is 3.79. The van der Waals surface area contributed by atoms with Crippen molar-refractivity contribution in [1.82, 2.24) is 25.0 Å². The molecule has 1 aliphatic rings. The summed E-state index contributed by atoms with van der Waals surface area (Å²) in [6.45, 7) is 12.4. The van der Waals surface area contributed by atoms with Crippen LogP contribution in [0.5, 0.6) is 0 Å². The fraction of sp³-hybridized carbons (Fsp3) is 0.444. The summed E-state index contributed by atoms with van der Waals surface area (Å²) in [6.07, 6.45) is 0.668. The first-order valence-corrected chi connectivity index (χ1v) is 13.1. The lowest BCUT2D eigenvalue weighted by molar-refractivity contribution is -0.119. The van der Waals surface area contributed by atoms with E-state index in [1.54, 1.807) is 0 Å². The number of aryl methyl sites for hydroxylation is 2. The topological polar surface area (TPSA) is 72.3 Å². The number of morpholine rings is 1. The summed E-state index contributed by atoms with van der Waals surface area (Å²) in [5, 5.41) is 12.8. The Morgan fingerprint density at radius 3 is 2.54 bits per heavy atom. The van der Waals surface area contributed by atoms with E-state index in [4.69, 9.17) is 4.74 Å². The van der Waals surface area contributed by atoms with Crippen LogP contribution in [0.2, 0.25) is 0 Å². The predicted molar refractivity (Wildman–Crippen MR) is 140 cm³/mol. The van der Waals surface area contributed by atoms with Crippen molar-refractivity contribution in [3.8, 4) is 5.69 Å². The van der Waals surface area contributed by atoms with Gasteiger partial charge in [0.15, 0.2) is 5.16 Å². The molecular formula is C27H35N5O2S. The van der Waals surface area contributed by atoms with Gasteiger partial charge in [0.25, 0.3) is 0 Å². The highest BCUT2D eigenvalue weighted by atomic mass is 32.2. The van der Waals surface area contributed by atoms with Gasteiger partial charge in [-0.2, -0.15) is 0 Å². The molecule has 1 fully saturated rings. The van der Waals surface area contributed by atoms with Crippen LogP contribution in [0.4, 0.5) is 0 Å². The lowest BCUT2D eigenvalue weighted by atomic mass is 10.0. The summed E-state index contributed by atoms with van der Waals surface area (Å²) in [6, 6.07) is 16.6. The van der Waals surface area contributed by atoms with Gasteiger partial charge in [0.1, 0.15) is 5.82 Å². The largest absolute Gasteiger partial charge is 0.379 e. The summed E-state index contributed by atoms with van der Waals surface area (Å²) < 4.78 is 7.56. The first-order valence-electron chi connectivity index (χ1n) is 12.1. The summed E-state index contributed by atoms with van der Waals surface area (Å²) >= 11 is 1.42. The summed E-state index contributed by atoms with van der Waals surface area (Å²) in [5.41, 5.74) is 4.46. The standard InChI is InChI=1S/C27H35N5O2S/c1-20-10-11-23(21(2)16-20)32-24(17-22-8-6-5-7-9-22)29-30-26(32)35-18-25(33)28-19-27(3,4)31-12-14-34-15-13-31/h5-11,16H,12-15,17-19H2,1-4H3,(H,28,33). The number of amides is 1. The molecule has 0 saturated carbocycles. The van der Waals surface area contributed by atoms with E-state index in [1.807, 2.05) is 18.2 Å². The Morgan fingerprint density at radius 2 is 1.83 bits per heavy atom. The molecular weight excluding hydrogens is 458 g/mol. The molecule has 3 aromatic rings. The van der Waals surface area contributed by atoms with Crippen molar-refractivity contribution in [3.63, 3.8) is 0 Å². The monoisotopic (exact) mass is 493 g/mol. The number of aromatic nitrogens is 3. The van der Waals surface area contributed by atoms with Gasteiger partial charge < -0.3 is 10.1 Å². The van der Waals surface area contributed by atoms with E-state index in [1.165, 1.54) is 22.9 Å². The number of hydrogen-bond acceptors (Lipinski definition) is 6. The van der Waals surface area contributed by atoms with Crippen molar-refractivity contribution in [2.24, 2.45) is 0 Å². The molecule has 0 aliphatic carbocycles. The maximum absolute atomic E-state index is 12.8. The number of hydrogen-bond donors (Lipinski definition) is 1. The highest BCUT2D eigenvalue weighted by molar-refractivity contribution is 7.99. The van der Waals surface area contributed by atoms with Gasteiger partial charge in [0, 0.05) is 31.6 Å². The summed E-state index contributed by atoms with van der Waals surface area (Å²) in [7, 11) is 0. The van der Waals surface area contributed by atoms with Crippen molar-refractivity contribution >= 4 is 17.7 Å². The van der Waals surface area contributed by atoms with E-state index < -0.39 is 0 Å². The van der Waals surface area contributed by atoms with Crippen LogP contribution in [-0.4, -0.2) is 69.7 Å². The Balaban J connectivity index is 1.47. The number of carbonyl (C=O) groups is 1. The maximum Gasteiger partial charge on any atom is 0.230 e. The zero-order valence-electron chi connectivity index (χ0n) is 21.1. The highest BCUT2D eigenvalue weighted by Crippen LogP contribution is 2.26. The third kappa shape index (κ3) is 6.51. The normalized spacial score (nSPS) is 14.7. The van der Waals surface area contributed by atoms with Gasteiger partial charge in [-0.25, -0.2) is 0 Å². The molecule has 1 aliphatic heterocycles. The number of benzene rings is 2. The van der Waals surface area contributed by atoms with E-state index >= 15 is 0 Å². The molecule has 0 atom stereocenters. The second kappa shape index (κ2) is 11.4. The van der Waals surface area contributed by atoms with Gasteiger partial charge in [-0.15, -0.1) is 10.2 Å². The molecule has 186 valence electrons. The molecule has 2 aromatic carbocycles. The molecule has 0 unspecified atom stereocenters. The van der Waals surface area contributed by atoms with Crippen LogP contribution in [0.15, 0.2) is 53.7 Å². The summed E-state index contributed by atoms with van der Waals surface area (Å²) in [5.74, 6) is 1.14. The van der Waals surface area contributed by atoms with Gasteiger partial charge in [0.05, 0.1) is 24.7 Å². The number of carbonyl (C=O) groups excluding carboxylic acids is 1. The SMILES string of the molecule is Cc1ccc(-n2c(Cc3ccccc3)nnc2SCC(=O)NCC(C)(C)N2CCOCC2)c(C)c1. The van der Waals surface area contributed by atoms with Gasteiger partial charge in [0.2, 0.25) is 5.91 Å². The maximum atomic E-state index is 12.8. The van der Waals surface area contributed by atoms with E-state index in [-0.39, 0.29) is 17.2 Å². The molecule has 1 amide bonds. The number of ether oxygens (including phenoxy) is 1. The Kier molecular flexibility index (Phi) is 8.26. The van der Waals surface area contributed by atoms with Crippen molar-refractivity contribution in [1.29, 1.82) is 0 Å². The lowest BCUT2D eigenvalue weighted by Gasteiger charge is -2.40. The molecule has 1 N–H and O–H groups in total. The number of rotatable bonds is 9. The molecule has 1 saturated heterocycles. The van der Waals surface area contributed by atoms with Gasteiger partial charge >= 0.3 is 0 Å². The van der Waals surface area contributed by atoms with Crippen LogP contribution >= 0.6 is 11.8 Å². The van der Waals surface area contributed by atoms with Crippen molar-refractivity contribution < 1.29 is 9.53 Å². The van der Waals surface area contributed by atoms with Crippen LogP contribution in [0, 0.1) is 13.8 Å².